The number of aromatic amines is 1. The van der Waals surface area contributed by atoms with Gasteiger partial charge >= 0.3 is 5.97 Å². The van der Waals surface area contributed by atoms with Gasteiger partial charge in [-0.3, -0.25) is 4.79 Å². The molecule has 1 N–H and O–H groups in total. The summed E-state index contributed by atoms with van der Waals surface area (Å²) in [4.78, 5) is 27.1. The molecule has 0 bridgehead atoms. The molecule has 0 spiro atoms. The molecule has 0 atom stereocenters. The highest BCUT2D eigenvalue weighted by Gasteiger charge is 2.16. The van der Waals surface area contributed by atoms with E-state index in [0.29, 0.717) is 10.9 Å². The van der Waals surface area contributed by atoms with E-state index in [1.807, 2.05) is 12.1 Å². The normalized spacial score (nSPS) is 10.6. The number of hydrogen-bond donors (Lipinski definition) is 1. The number of methoxy groups -OCH3 is 1. The van der Waals surface area contributed by atoms with Crippen molar-refractivity contribution in [1.82, 2.24) is 4.98 Å². The summed E-state index contributed by atoms with van der Waals surface area (Å²) >= 11 is 0. The molecule has 0 saturated heterocycles. The second kappa shape index (κ2) is 6.54. The van der Waals surface area contributed by atoms with Crippen LogP contribution in [-0.4, -0.2) is 30.5 Å². The molecular weight excluding hydrogens is 313 g/mol. The summed E-state index contributed by atoms with van der Waals surface area (Å²) in [5.41, 5.74) is 1.26. The maximum Gasteiger partial charge on any atom is 0.340 e. The first-order valence-electron chi connectivity index (χ1n) is 7.20. The van der Waals surface area contributed by atoms with Crippen molar-refractivity contribution < 1.29 is 23.5 Å². The summed E-state index contributed by atoms with van der Waals surface area (Å²) in [6.45, 7) is -0.468. The Morgan fingerprint density at radius 1 is 1.17 bits per heavy atom. The Balaban J connectivity index is 1.70. The maximum atomic E-state index is 13.6. The Morgan fingerprint density at radius 2 is 1.96 bits per heavy atom. The first-order chi connectivity index (χ1) is 11.6. The van der Waals surface area contributed by atoms with E-state index in [4.69, 9.17) is 9.47 Å². The summed E-state index contributed by atoms with van der Waals surface area (Å²) in [5, 5.41) is 0.713. The van der Waals surface area contributed by atoms with Crippen LogP contribution in [0.2, 0.25) is 0 Å². The van der Waals surface area contributed by atoms with Gasteiger partial charge in [0.05, 0.1) is 12.7 Å². The van der Waals surface area contributed by atoms with Gasteiger partial charge < -0.3 is 14.5 Å². The molecule has 1 aromatic heterocycles. The number of hydrogen-bond acceptors (Lipinski definition) is 4. The van der Waals surface area contributed by atoms with E-state index in [-0.39, 0.29) is 11.3 Å². The third-order valence-corrected chi connectivity index (χ3v) is 3.62. The summed E-state index contributed by atoms with van der Waals surface area (Å²) in [7, 11) is 1.34. The molecule has 0 aliphatic rings. The molecular formula is C18H14FNO4. The average Bonchev–Trinajstić information content (AvgIpc) is 3.03. The number of rotatable bonds is 5. The molecule has 6 heteroatoms. The van der Waals surface area contributed by atoms with Crippen molar-refractivity contribution in [3.8, 4) is 5.75 Å². The molecule has 0 saturated carbocycles. The van der Waals surface area contributed by atoms with Gasteiger partial charge in [0.1, 0.15) is 0 Å². The van der Waals surface area contributed by atoms with E-state index in [1.165, 1.54) is 25.4 Å². The number of para-hydroxylation sites is 1. The molecule has 1 heterocycles. The molecule has 0 aliphatic heterocycles. The fourth-order valence-electron chi connectivity index (χ4n) is 2.37. The molecule has 0 amide bonds. The highest BCUT2D eigenvalue weighted by atomic mass is 19.1. The monoisotopic (exact) mass is 327 g/mol. The van der Waals surface area contributed by atoms with Crippen LogP contribution in [0.1, 0.15) is 20.7 Å². The number of halogens is 1. The quantitative estimate of drug-likeness (QED) is 0.576. The van der Waals surface area contributed by atoms with Crippen molar-refractivity contribution in [2.24, 2.45) is 0 Å². The van der Waals surface area contributed by atoms with Gasteiger partial charge in [-0.15, -0.1) is 0 Å². The van der Waals surface area contributed by atoms with Crippen LogP contribution in [0.3, 0.4) is 0 Å². The number of carbonyl (C=O) groups is 2. The van der Waals surface area contributed by atoms with Crippen molar-refractivity contribution in [3.63, 3.8) is 0 Å². The zero-order chi connectivity index (χ0) is 17.1. The molecule has 0 aliphatic carbocycles. The van der Waals surface area contributed by atoms with Crippen LogP contribution in [0.15, 0.2) is 48.7 Å². The Morgan fingerprint density at radius 3 is 2.71 bits per heavy atom. The zero-order valence-electron chi connectivity index (χ0n) is 12.8. The zero-order valence-corrected chi connectivity index (χ0v) is 12.8. The number of Topliss-reactive ketones (excluding diaryl/α,β-unsaturated/α-hetero) is 1. The van der Waals surface area contributed by atoms with E-state index in [1.54, 1.807) is 12.1 Å². The predicted octanol–water partition coefficient (Wildman–Crippen LogP) is 3.36. The van der Waals surface area contributed by atoms with Crippen molar-refractivity contribution >= 4 is 22.7 Å². The molecule has 0 unspecified atom stereocenters. The number of carbonyl (C=O) groups excluding carboxylic acids is 2. The minimum absolute atomic E-state index is 0.0438. The number of nitrogens with one attached hydrogen (secondary N) is 1. The lowest BCUT2D eigenvalue weighted by atomic mass is 10.1. The highest BCUT2D eigenvalue weighted by Crippen LogP contribution is 2.20. The number of benzene rings is 2. The lowest BCUT2D eigenvalue weighted by Gasteiger charge is -2.06. The molecule has 2 aromatic carbocycles. The van der Waals surface area contributed by atoms with Crippen molar-refractivity contribution in [2.45, 2.75) is 0 Å². The first kappa shape index (κ1) is 15.7. The average molecular weight is 327 g/mol. The largest absolute Gasteiger partial charge is 0.494 e. The standard InChI is InChI=1S/C18H14FNO4/c1-23-17-7-6-11(8-14(17)19)16(21)10-24-18(22)13-9-20-15-5-3-2-4-12(13)15/h2-9,20H,10H2,1H3. The Kier molecular flexibility index (Phi) is 4.29. The number of ketones is 1. The number of esters is 1. The Hall–Kier alpha value is -3.15. The van der Waals surface area contributed by atoms with Gasteiger partial charge in [0.2, 0.25) is 0 Å². The lowest BCUT2D eigenvalue weighted by molar-refractivity contribution is 0.0476. The van der Waals surface area contributed by atoms with Gasteiger partial charge in [-0.1, -0.05) is 18.2 Å². The van der Waals surface area contributed by atoms with Crippen LogP contribution in [-0.2, 0) is 4.74 Å². The fourth-order valence-corrected chi connectivity index (χ4v) is 2.37. The topological polar surface area (TPSA) is 68.4 Å². The van der Waals surface area contributed by atoms with Crippen LogP contribution in [0, 0.1) is 5.82 Å². The molecule has 3 rings (SSSR count). The second-order valence-electron chi connectivity index (χ2n) is 5.10. The molecule has 24 heavy (non-hydrogen) atoms. The summed E-state index contributed by atoms with van der Waals surface area (Å²) in [6.07, 6.45) is 1.53. The Labute approximate surface area is 137 Å². The molecule has 122 valence electrons. The van der Waals surface area contributed by atoms with Gasteiger partial charge in [-0.05, 0) is 24.3 Å². The minimum Gasteiger partial charge on any atom is -0.494 e. The predicted molar refractivity (Wildman–Crippen MR) is 85.9 cm³/mol. The van der Waals surface area contributed by atoms with Crippen LogP contribution in [0.25, 0.3) is 10.9 Å². The number of H-pyrrole nitrogens is 1. The molecule has 0 fully saturated rings. The van der Waals surface area contributed by atoms with E-state index < -0.39 is 24.2 Å². The Bertz CT molecular complexity index is 916. The maximum absolute atomic E-state index is 13.6. The number of fused-ring (bicyclic) bond motifs is 1. The number of ether oxygens (including phenoxy) is 2. The summed E-state index contributed by atoms with van der Waals surface area (Å²) < 4.78 is 23.5. The van der Waals surface area contributed by atoms with E-state index in [9.17, 15) is 14.0 Å². The second-order valence-corrected chi connectivity index (χ2v) is 5.10. The van der Waals surface area contributed by atoms with E-state index >= 15 is 0 Å². The highest BCUT2D eigenvalue weighted by molar-refractivity contribution is 6.05. The van der Waals surface area contributed by atoms with Crippen LogP contribution < -0.4 is 4.74 Å². The van der Waals surface area contributed by atoms with Crippen molar-refractivity contribution in [2.75, 3.05) is 13.7 Å². The van der Waals surface area contributed by atoms with Crippen molar-refractivity contribution in [3.05, 3.63) is 65.6 Å². The van der Waals surface area contributed by atoms with E-state index in [0.717, 1.165) is 11.6 Å². The van der Waals surface area contributed by atoms with Crippen LogP contribution in [0.5, 0.6) is 5.75 Å². The third kappa shape index (κ3) is 2.99. The van der Waals surface area contributed by atoms with Gasteiger partial charge in [-0.25, -0.2) is 9.18 Å². The molecule has 5 nitrogen and oxygen atoms in total. The third-order valence-electron chi connectivity index (χ3n) is 3.62. The van der Waals surface area contributed by atoms with Crippen LogP contribution >= 0.6 is 0 Å². The fraction of sp³-hybridized carbons (Fsp3) is 0.111. The van der Waals surface area contributed by atoms with Gasteiger partial charge in [0.25, 0.3) is 0 Å². The molecule has 3 aromatic rings. The van der Waals surface area contributed by atoms with Gasteiger partial charge in [-0.2, -0.15) is 0 Å². The summed E-state index contributed by atoms with van der Waals surface area (Å²) in [6, 6.07) is 11.1. The first-order valence-corrected chi connectivity index (χ1v) is 7.20. The van der Waals surface area contributed by atoms with Crippen LogP contribution in [0.4, 0.5) is 4.39 Å². The molecule has 0 radical (unpaired) electrons. The summed E-state index contributed by atoms with van der Waals surface area (Å²) in [5.74, 6) is -1.71. The van der Waals surface area contributed by atoms with Gasteiger partial charge in [0, 0.05) is 22.7 Å². The van der Waals surface area contributed by atoms with Crippen molar-refractivity contribution in [1.29, 1.82) is 0 Å². The SMILES string of the molecule is COc1ccc(C(=O)COC(=O)c2c[nH]c3ccccc23)cc1F. The lowest BCUT2D eigenvalue weighted by Crippen LogP contribution is -2.14. The number of aromatic nitrogens is 1. The minimum atomic E-state index is -0.647. The smallest absolute Gasteiger partial charge is 0.340 e. The van der Waals surface area contributed by atoms with Gasteiger partial charge in [0.15, 0.2) is 24.0 Å². The van der Waals surface area contributed by atoms with E-state index in [2.05, 4.69) is 4.98 Å².